The Morgan fingerprint density at radius 1 is 1.00 bits per heavy atom. The highest BCUT2D eigenvalue weighted by atomic mass is 79.9. The molecule has 0 saturated heterocycles. The number of aryl methyl sites for hydroxylation is 1. The van der Waals surface area contributed by atoms with Crippen LogP contribution in [0.1, 0.15) is 18.9 Å². The topological polar surface area (TPSA) is 66.9 Å². The average molecular weight is 450 g/mol. The maximum atomic E-state index is 12.5. The van der Waals surface area contributed by atoms with Crippen LogP contribution in [-0.4, -0.2) is 15.6 Å². The first-order chi connectivity index (χ1) is 14.1. The number of aromatic hydroxyl groups is 1. The largest absolute Gasteiger partial charge is 0.493 e. The van der Waals surface area contributed by atoms with Crippen LogP contribution in [0.25, 0.3) is 21.7 Å². The maximum Gasteiger partial charge on any atom is 0.269 e. The molecule has 5 nitrogen and oxygen atoms in total. The summed E-state index contributed by atoms with van der Waals surface area (Å²) < 4.78 is 2.79. The molecule has 146 valence electrons. The summed E-state index contributed by atoms with van der Waals surface area (Å²) in [4.78, 5) is 12.5. The zero-order chi connectivity index (χ0) is 20.4. The predicted molar refractivity (Wildman–Crippen MR) is 119 cm³/mol. The Bertz CT molecular complexity index is 1240. The van der Waals surface area contributed by atoms with Crippen molar-refractivity contribution in [3.63, 3.8) is 0 Å². The van der Waals surface area contributed by atoms with E-state index in [1.54, 1.807) is 4.57 Å². The molecule has 0 radical (unpaired) electrons. The molecule has 0 fully saturated rings. The molecule has 6 heteroatoms. The van der Waals surface area contributed by atoms with Gasteiger partial charge in [0.05, 0.1) is 11.9 Å². The van der Waals surface area contributed by atoms with Crippen molar-refractivity contribution in [1.82, 2.24) is 4.57 Å². The third-order valence-corrected chi connectivity index (χ3v) is 5.62. The standard InChI is InChI=1S/C23H20BrN3O2/c1-2-13-27-20-10-6-5-9-18(20)22(23(27)29)26-25-21(28)14-15-11-12-19(24)17-8-4-3-7-16(15)17/h3-12,29H,2,13-14H2,1H3. The molecule has 3 aromatic carbocycles. The lowest BCUT2D eigenvalue weighted by atomic mass is 10.0. The first kappa shape index (κ1) is 19.3. The van der Waals surface area contributed by atoms with Crippen molar-refractivity contribution in [2.75, 3.05) is 0 Å². The fourth-order valence-corrected chi connectivity index (χ4v) is 4.08. The van der Waals surface area contributed by atoms with Gasteiger partial charge in [0.25, 0.3) is 5.91 Å². The lowest BCUT2D eigenvalue weighted by Crippen LogP contribution is -1.99. The molecule has 1 heterocycles. The smallest absolute Gasteiger partial charge is 0.269 e. The molecule has 0 spiro atoms. The summed E-state index contributed by atoms with van der Waals surface area (Å²) in [5.74, 6) is -0.317. The normalized spacial score (nSPS) is 11.7. The van der Waals surface area contributed by atoms with Gasteiger partial charge in [0.2, 0.25) is 5.88 Å². The molecule has 0 unspecified atom stereocenters. The van der Waals surface area contributed by atoms with Gasteiger partial charge in [-0.15, -0.1) is 10.2 Å². The number of benzene rings is 3. The number of para-hydroxylation sites is 1. The monoisotopic (exact) mass is 449 g/mol. The highest BCUT2D eigenvalue weighted by molar-refractivity contribution is 9.10. The van der Waals surface area contributed by atoms with Crippen molar-refractivity contribution in [3.05, 3.63) is 70.7 Å². The number of carbonyl (C=O) groups is 1. The molecule has 1 aromatic heterocycles. The second-order valence-corrected chi connectivity index (χ2v) is 7.72. The van der Waals surface area contributed by atoms with Gasteiger partial charge in [-0.2, -0.15) is 0 Å². The number of fused-ring (bicyclic) bond motifs is 2. The molecule has 0 aliphatic rings. The number of carbonyl (C=O) groups excluding carboxylic acids is 1. The third-order valence-electron chi connectivity index (χ3n) is 4.93. The van der Waals surface area contributed by atoms with Crippen molar-refractivity contribution in [1.29, 1.82) is 0 Å². The van der Waals surface area contributed by atoms with Gasteiger partial charge in [0, 0.05) is 16.4 Å². The summed E-state index contributed by atoms with van der Waals surface area (Å²) in [7, 11) is 0. The molecule has 0 aliphatic carbocycles. The van der Waals surface area contributed by atoms with Crippen molar-refractivity contribution >= 4 is 49.2 Å². The van der Waals surface area contributed by atoms with Crippen LogP contribution in [0.4, 0.5) is 5.69 Å². The molecule has 0 saturated carbocycles. The van der Waals surface area contributed by atoms with Crippen LogP contribution >= 0.6 is 15.9 Å². The summed E-state index contributed by atoms with van der Waals surface area (Å²) in [5.41, 5.74) is 2.11. The Morgan fingerprint density at radius 3 is 2.45 bits per heavy atom. The first-order valence-electron chi connectivity index (χ1n) is 9.51. The van der Waals surface area contributed by atoms with Gasteiger partial charge in [-0.1, -0.05) is 71.4 Å². The lowest BCUT2D eigenvalue weighted by Gasteiger charge is -2.06. The molecule has 1 N–H and O–H groups in total. The van der Waals surface area contributed by atoms with E-state index < -0.39 is 0 Å². The lowest BCUT2D eigenvalue weighted by molar-refractivity contribution is -0.117. The van der Waals surface area contributed by atoms with E-state index in [0.717, 1.165) is 38.1 Å². The minimum absolute atomic E-state index is 0.0405. The minimum atomic E-state index is -0.357. The van der Waals surface area contributed by atoms with Crippen LogP contribution < -0.4 is 0 Å². The quantitative estimate of drug-likeness (QED) is 0.352. The van der Waals surface area contributed by atoms with E-state index in [4.69, 9.17) is 0 Å². The van der Waals surface area contributed by atoms with Gasteiger partial charge in [-0.3, -0.25) is 4.79 Å². The number of aromatic nitrogens is 1. The first-order valence-corrected chi connectivity index (χ1v) is 10.3. The average Bonchev–Trinajstić information content (AvgIpc) is 3.00. The number of azo groups is 1. The molecule has 4 aromatic rings. The van der Waals surface area contributed by atoms with E-state index in [1.165, 1.54) is 0 Å². The Balaban J connectivity index is 1.65. The SMILES string of the molecule is CCCn1c(O)c(N=NC(=O)Cc2ccc(Br)c3ccccc23)c2ccccc21. The fraction of sp³-hybridized carbons (Fsp3) is 0.174. The summed E-state index contributed by atoms with van der Waals surface area (Å²) in [6.45, 7) is 2.71. The second kappa shape index (κ2) is 8.17. The summed E-state index contributed by atoms with van der Waals surface area (Å²) >= 11 is 3.55. The van der Waals surface area contributed by atoms with Crippen molar-refractivity contribution < 1.29 is 9.90 Å². The van der Waals surface area contributed by atoms with Crippen LogP contribution in [0.3, 0.4) is 0 Å². The fourth-order valence-electron chi connectivity index (χ4n) is 3.60. The highest BCUT2D eigenvalue weighted by Crippen LogP contribution is 2.39. The van der Waals surface area contributed by atoms with E-state index in [9.17, 15) is 9.90 Å². The summed E-state index contributed by atoms with van der Waals surface area (Å²) in [5, 5.41) is 21.5. The molecular formula is C23H20BrN3O2. The van der Waals surface area contributed by atoms with Gasteiger partial charge >= 0.3 is 0 Å². The Hall–Kier alpha value is -2.99. The molecular weight excluding hydrogens is 430 g/mol. The van der Waals surface area contributed by atoms with E-state index in [-0.39, 0.29) is 18.2 Å². The number of nitrogens with zero attached hydrogens (tertiary/aromatic N) is 3. The van der Waals surface area contributed by atoms with E-state index in [2.05, 4.69) is 26.2 Å². The number of rotatable bonds is 5. The van der Waals surface area contributed by atoms with Crippen LogP contribution in [0.15, 0.2) is 75.4 Å². The number of hydrogen-bond donors (Lipinski definition) is 1. The van der Waals surface area contributed by atoms with Crippen molar-refractivity contribution in [3.8, 4) is 5.88 Å². The summed E-state index contributed by atoms with van der Waals surface area (Å²) in [6, 6.07) is 19.4. The second-order valence-electron chi connectivity index (χ2n) is 6.86. The predicted octanol–water partition coefficient (Wildman–Crippen LogP) is 6.53. The van der Waals surface area contributed by atoms with Gasteiger partial charge < -0.3 is 9.67 Å². The van der Waals surface area contributed by atoms with Gasteiger partial charge in [0.1, 0.15) is 0 Å². The van der Waals surface area contributed by atoms with E-state index >= 15 is 0 Å². The van der Waals surface area contributed by atoms with Gasteiger partial charge in [-0.05, 0) is 34.9 Å². The van der Waals surface area contributed by atoms with Crippen molar-refractivity contribution in [2.45, 2.75) is 26.3 Å². The van der Waals surface area contributed by atoms with Crippen LogP contribution in [-0.2, 0) is 17.8 Å². The van der Waals surface area contributed by atoms with Crippen molar-refractivity contribution in [2.24, 2.45) is 10.2 Å². The number of halogens is 1. The zero-order valence-electron chi connectivity index (χ0n) is 16.0. The highest BCUT2D eigenvalue weighted by Gasteiger charge is 2.16. The number of amides is 1. The molecule has 1 amide bonds. The van der Waals surface area contributed by atoms with Crippen LogP contribution in [0.2, 0.25) is 0 Å². The molecule has 29 heavy (non-hydrogen) atoms. The molecule has 0 aliphatic heterocycles. The van der Waals surface area contributed by atoms with Crippen LogP contribution in [0.5, 0.6) is 5.88 Å². The van der Waals surface area contributed by atoms with Crippen LogP contribution in [0, 0.1) is 0 Å². The molecule has 0 atom stereocenters. The Kier molecular flexibility index (Phi) is 5.45. The third kappa shape index (κ3) is 3.68. The van der Waals surface area contributed by atoms with Gasteiger partial charge in [-0.25, -0.2) is 0 Å². The Labute approximate surface area is 176 Å². The van der Waals surface area contributed by atoms with E-state index in [0.29, 0.717) is 12.2 Å². The van der Waals surface area contributed by atoms with Gasteiger partial charge in [0.15, 0.2) is 5.69 Å². The minimum Gasteiger partial charge on any atom is -0.493 e. The zero-order valence-corrected chi connectivity index (χ0v) is 17.6. The van der Waals surface area contributed by atoms with E-state index in [1.807, 2.05) is 67.6 Å². The maximum absolute atomic E-state index is 12.5. The molecule has 0 bridgehead atoms. The number of hydrogen-bond acceptors (Lipinski definition) is 3. The molecule has 4 rings (SSSR count). The summed E-state index contributed by atoms with van der Waals surface area (Å²) in [6.07, 6.45) is 1.02. The Morgan fingerprint density at radius 2 is 1.69 bits per heavy atom.